The number of amides is 2. The lowest BCUT2D eigenvalue weighted by atomic mass is 9.79. The highest BCUT2D eigenvalue weighted by Gasteiger charge is 2.61. The third kappa shape index (κ3) is 4.51. The van der Waals surface area contributed by atoms with Crippen molar-refractivity contribution in [2.45, 2.75) is 84.2 Å². The molecule has 1 aromatic carbocycles. The van der Waals surface area contributed by atoms with Crippen LogP contribution in [0.5, 0.6) is 0 Å². The van der Waals surface area contributed by atoms with Gasteiger partial charge in [-0.3, -0.25) is 4.79 Å². The molecule has 0 spiro atoms. The highest BCUT2D eigenvalue weighted by molar-refractivity contribution is 6.62. The van der Waals surface area contributed by atoms with Crippen LogP contribution in [0.15, 0.2) is 30.5 Å². The third-order valence-corrected chi connectivity index (χ3v) is 8.97. The summed E-state index contributed by atoms with van der Waals surface area (Å²) in [5.74, 6) is 1.49. The molecule has 1 aromatic heterocycles. The number of imidazole rings is 1. The number of benzene rings is 1. The van der Waals surface area contributed by atoms with E-state index in [1.807, 2.05) is 76.9 Å². The van der Waals surface area contributed by atoms with Crippen LogP contribution in [0.2, 0.25) is 0 Å². The van der Waals surface area contributed by atoms with Gasteiger partial charge in [0.15, 0.2) is 0 Å². The molecule has 2 N–H and O–H groups in total. The Bertz CT molecular complexity index is 1190. The zero-order valence-electron chi connectivity index (χ0n) is 23.6. The summed E-state index contributed by atoms with van der Waals surface area (Å²) in [4.78, 5) is 35.8. The predicted molar refractivity (Wildman–Crippen MR) is 145 cm³/mol. The van der Waals surface area contributed by atoms with Crippen molar-refractivity contribution in [2.75, 3.05) is 7.11 Å². The molecule has 2 unspecified atom stereocenters. The first-order chi connectivity index (χ1) is 17.8. The van der Waals surface area contributed by atoms with E-state index in [0.717, 1.165) is 29.0 Å². The normalized spacial score (nSPS) is 27.8. The number of alkyl carbamates (subject to hydrolysis) is 1. The molecule has 2 saturated heterocycles. The molecule has 204 valence electrons. The average Bonchev–Trinajstić information content (AvgIpc) is 3.25. The van der Waals surface area contributed by atoms with Crippen LogP contribution in [-0.2, 0) is 18.8 Å². The molecule has 38 heavy (non-hydrogen) atoms. The number of fused-ring (bicyclic) bond motifs is 1. The summed E-state index contributed by atoms with van der Waals surface area (Å²) >= 11 is 0. The number of hydrogen-bond acceptors (Lipinski definition) is 6. The van der Waals surface area contributed by atoms with Crippen LogP contribution in [-0.4, -0.2) is 64.4 Å². The lowest BCUT2D eigenvalue weighted by Crippen LogP contribution is -2.52. The maximum absolute atomic E-state index is 13.7. The number of ether oxygens (including phenoxy) is 1. The molecule has 0 radical (unpaired) electrons. The van der Waals surface area contributed by atoms with E-state index in [9.17, 15) is 9.59 Å². The molecule has 2 aromatic rings. The number of rotatable bonds is 6. The second-order valence-electron chi connectivity index (χ2n) is 12.3. The molecular formula is C28H39BN4O5. The number of nitrogens with one attached hydrogen (secondary N) is 2. The van der Waals surface area contributed by atoms with Gasteiger partial charge in [-0.1, -0.05) is 45.0 Å². The zero-order chi connectivity index (χ0) is 27.6. The fourth-order valence-corrected chi connectivity index (χ4v) is 5.77. The molecule has 10 heteroatoms. The van der Waals surface area contributed by atoms with E-state index in [1.165, 1.54) is 7.11 Å². The summed E-state index contributed by atoms with van der Waals surface area (Å²) in [7, 11) is 0.895. The Kier molecular flexibility index (Phi) is 6.63. The number of aromatic amines is 1. The van der Waals surface area contributed by atoms with Crippen LogP contribution in [0.4, 0.5) is 4.79 Å². The first-order valence-corrected chi connectivity index (χ1v) is 13.5. The summed E-state index contributed by atoms with van der Waals surface area (Å²) in [6.07, 6.45) is 2.08. The summed E-state index contributed by atoms with van der Waals surface area (Å²) < 4.78 is 17.1. The van der Waals surface area contributed by atoms with Crippen LogP contribution >= 0.6 is 0 Å². The molecule has 2 aliphatic heterocycles. The number of H-pyrrole nitrogens is 1. The van der Waals surface area contributed by atoms with Crippen molar-refractivity contribution < 1.29 is 23.6 Å². The lowest BCUT2D eigenvalue weighted by Gasteiger charge is -2.32. The van der Waals surface area contributed by atoms with Gasteiger partial charge in [0.25, 0.3) is 0 Å². The number of hydrogen-bond donors (Lipinski definition) is 2. The minimum Gasteiger partial charge on any atom is -0.453 e. The van der Waals surface area contributed by atoms with E-state index in [2.05, 4.69) is 17.2 Å². The number of piperidine rings is 1. The molecule has 9 nitrogen and oxygen atoms in total. The summed E-state index contributed by atoms with van der Waals surface area (Å²) in [5, 5.41) is 2.73. The van der Waals surface area contributed by atoms with Gasteiger partial charge < -0.3 is 29.2 Å². The van der Waals surface area contributed by atoms with Gasteiger partial charge in [0, 0.05) is 6.04 Å². The quantitative estimate of drug-likeness (QED) is 0.561. The van der Waals surface area contributed by atoms with E-state index in [-0.39, 0.29) is 23.9 Å². The highest BCUT2D eigenvalue weighted by atomic mass is 16.7. The zero-order valence-corrected chi connectivity index (χ0v) is 23.6. The van der Waals surface area contributed by atoms with E-state index in [4.69, 9.17) is 19.0 Å². The maximum Gasteiger partial charge on any atom is 0.494 e. The largest absolute Gasteiger partial charge is 0.494 e. The molecule has 3 fully saturated rings. The SMILES string of the molecule is COC(=O)N[C@H](C(=O)N1C2C(C[C@H]1c1ncc(-c3ccc(B4OC(C)(C)C(C)(C)O4)cc3)[nH]1)[C@H]2C)C(C)C. The fraction of sp³-hybridized carbons (Fsp3) is 0.607. The number of nitrogens with zero attached hydrogens (tertiary/aromatic N) is 2. The van der Waals surface area contributed by atoms with E-state index in [0.29, 0.717) is 11.8 Å². The summed E-state index contributed by atoms with van der Waals surface area (Å²) in [6.45, 7) is 14.2. The van der Waals surface area contributed by atoms with Crippen molar-refractivity contribution in [2.24, 2.45) is 17.8 Å². The molecule has 3 heterocycles. The Hall–Kier alpha value is -2.85. The van der Waals surface area contributed by atoms with Gasteiger partial charge in [0.2, 0.25) is 5.91 Å². The molecule has 3 aliphatic rings. The van der Waals surface area contributed by atoms with E-state index >= 15 is 0 Å². The molecule has 1 aliphatic carbocycles. The first-order valence-electron chi connectivity index (χ1n) is 13.5. The van der Waals surface area contributed by atoms with Gasteiger partial charge in [-0.25, -0.2) is 9.78 Å². The lowest BCUT2D eigenvalue weighted by molar-refractivity contribution is -0.137. The minimum atomic E-state index is -0.659. The van der Waals surface area contributed by atoms with Gasteiger partial charge in [0.1, 0.15) is 11.9 Å². The van der Waals surface area contributed by atoms with Crippen molar-refractivity contribution in [3.8, 4) is 11.3 Å². The summed E-state index contributed by atoms with van der Waals surface area (Å²) in [6, 6.07) is 7.45. The van der Waals surface area contributed by atoms with E-state index in [1.54, 1.807) is 0 Å². The average molecular weight is 522 g/mol. The van der Waals surface area contributed by atoms with Crippen LogP contribution in [0.25, 0.3) is 11.3 Å². The smallest absolute Gasteiger partial charge is 0.453 e. The number of carbonyl (C=O) groups is 2. The minimum absolute atomic E-state index is 0.0787. The van der Waals surface area contributed by atoms with Gasteiger partial charge in [-0.2, -0.15) is 0 Å². The molecule has 2 amide bonds. The number of carbonyl (C=O) groups excluding carboxylic acids is 2. The van der Waals surface area contributed by atoms with Crippen molar-refractivity contribution >= 4 is 24.6 Å². The maximum atomic E-state index is 13.7. The number of aromatic nitrogens is 2. The van der Waals surface area contributed by atoms with Crippen molar-refractivity contribution in [1.29, 1.82) is 0 Å². The Labute approximate surface area is 225 Å². The van der Waals surface area contributed by atoms with Crippen LogP contribution < -0.4 is 10.8 Å². The topological polar surface area (TPSA) is 106 Å². The van der Waals surface area contributed by atoms with Crippen LogP contribution in [0.1, 0.15) is 66.8 Å². The van der Waals surface area contributed by atoms with Gasteiger partial charge in [-0.05, 0) is 62.9 Å². The predicted octanol–water partition coefficient (Wildman–Crippen LogP) is 3.66. The molecule has 0 bridgehead atoms. The number of likely N-dealkylation sites (tertiary alicyclic amines) is 1. The Morgan fingerprint density at radius 3 is 2.37 bits per heavy atom. The Morgan fingerprint density at radius 2 is 1.79 bits per heavy atom. The molecule has 1 saturated carbocycles. The van der Waals surface area contributed by atoms with Crippen molar-refractivity contribution in [1.82, 2.24) is 20.2 Å². The fourth-order valence-electron chi connectivity index (χ4n) is 5.77. The summed E-state index contributed by atoms with van der Waals surface area (Å²) in [5.41, 5.74) is 2.06. The van der Waals surface area contributed by atoms with Gasteiger partial charge >= 0.3 is 13.2 Å². The molecule has 5 atom stereocenters. The van der Waals surface area contributed by atoms with E-state index < -0.39 is 30.5 Å². The van der Waals surface area contributed by atoms with Crippen molar-refractivity contribution in [3.63, 3.8) is 0 Å². The Morgan fingerprint density at radius 1 is 1.16 bits per heavy atom. The second-order valence-corrected chi connectivity index (χ2v) is 12.3. The standard InChI is InChI=1S/C28H39BN4O5/c1-15(2)22(32-26(35)36-8)25(34)33-21(13-19-16(3)23(19)33)24-30-14-20(31-24)17-9-11-18(12-10-17)29-37-27(4,5)28(6,7)38-29/h9-12,14-16,19,21-23H,13H2,1-8H3,(H,30,31)(H,32,35)/t16-,19?,21+,22+,23?/m1/s1. The first kappa shape index (κ1) is 26.7. The number of methoxy groups -OCH3 is 1. The molecule has 5 rings (SSSR count). The highest BCUT2D eigenvalue weighted by Crippen LogP contribution is 2.57. The van der Waals surface area contributed by atoms with Gasteiger partial charge in [0.05, 0.1) is 36.2 Å². The van der Waals surface area contributed by atoms with Crippen LogP contribution in [0, 0.1) is 17.8 Å². The monoisotopic (exact) mass is 522 g/mol. The van der Waals surface area contributed by atoms with Gasteiger partial charge in [-0.15, -0.1) is 0 Å². The second kappa shape index (κ2) is 9.41. The van der Waals surface area contributed by atoms with Crippen LogP contribution in [0.3, 0.4) is 0 Å². The Balaban J connectivity index is 1.34. The van der Waals surface area contributed by atoms with Crippen molar-refractivity contribution in [3.05, 3.63) is 36.3 Å². The molecular weight excluding hydrogens is 483 g/mol. The third-order valence-electron chi connectivity index (χ3n) is 8.97.